The third-order valence-electron chi connectivity index (χ3n) is 4.86. The molecule has 3 unspecified atom stereocenters. The minimum Gasteiger partial charge on any atom is -0.323 e. The molecule has 108 valence electrons. The number of alkyl halides is 1. The van der Waals surface area contributed by atoms with E-state index in [0.717, 1.165) is 17.8 Å². The number of para-hydroxylation sites is 1. The van der Waals surface area contributed by atoms with E-state index in [4.69, 9.17) is 11.6 Å². The van der Waals surface area contributed by atoms with Gasteiger partial charge in [-0.3, -0.25) is 0 Å². The van der Waals surface area contributed by atoms with Gasteiger partial charge in [-0.25, -0.2) is 9.37 Å². The molecule has 20 heavy (non-hydrogen) atoms. The third-order valence-corrected chi connectivity index (χ3v) is 5.10. The number of imidazole rings is 1. The van der Waals surface area contributed by atoms with Crippen molar-refractivity contribution in [1.82, 2.24) is 9.55 Å². The van der Waals surface area contributed by atoms with Crippen molar-refractivity contribution in [3.8, 4) is 0 Å². The van der Waals surface area contributed by atoms with Crippen LogP contribution in [0.4, 0.5) is 4.39 Å². The van der Waals surface area contributed by atoms with Crippen LogP contribution in [0.3, 0.4) is 0 Å². The first-order valence-electron chi connectivity index (χ1n) is 7.34. The summed E-state index contributed by atoms with van der Waals surface area (Å²) in [5, 5.41) is 0. The Bertz CT molecular complexity index is 622. The molecule has 1 aliphatic rings. The molecule has 0 aliphatic heterocycles. The lowest BCUT2D eigenvalue weighted by molar-refractivity contribution is 0.187. The smallest absolute Gasteiger partial charge is 0.151 e. The average Bonchev–Trinajstić information content (AvgIpc) is 2.82. The van der Waals surface area contributed by atoms with E-state index in [1.165, 1.54) is 18.9 Å². The van der Waals surface area contributed by atoms with Gasteiger partial charge in [-0.05, 0) is 30.4 Å². The van der Waals surface area contributed by atoms with Crippen LogP contribution in [0.5, 0.6) is 0 Å². The van der Waals surface area contributed by atoms with Crippen LogP contribution in [0.2, 0.25) is 0 Å². The maximum absolute atomic E-state index is 13.9. The lowest BCUT2D eigenvalue weighted by Gasteiger charge is -2.36. The highest BCUT2D eigenvalue weighted by Gasteiger charge is 2.31. The van der Waals surface area contributed by atoms with Crippen molar-refractivity contribution in [2.75, 3.05) is 0 Å². The first kappa shape index (κ1) is 13.9. The van der Waals surface area contributed by atoms with Crippen LogP contribution >= 0.6 is 11.6 Å². The van der Waals surface area contributed by atoms with Crippen molar-refractivity contribution < 1.29 is 4.39 Å². The fraction of sp³-hybridized carbons (Fsp3) is 0.562. The van der Waals surface area contributed by atoms with Gasteiger partial charge in [0.25, 0.3) is 0 Å². The molecule has 2 nitrogen and oxygen atoms in total. The molecule has 3 atom stereocenters. The minimum atomic E-state index is -0.260. The number of hydrogen-bond donors (Lipinski definition) is 0. The monoisotopic (exact) mass is 294 g/mol. The van der Waals surface area contributed by atoms with Crippen LogP contribution in [-0.4, -0.2) is 9.55 Å². The Balaban J connectivity index is 2.16. The predicted molar refractivity (Wildman–Crippen MR) is 80.5 cm³/mol. The number of halogens is 2. The molecule has 1 fully saturated rings. The summed E-state index contributed by atoms with van der Waals surface area (Å²) in [5.74, 6) is 2.10. The Morgan fingerprint density at radius 1 is 1.35 bits per heavy atom. The van der Waals surface area contributed by atoms with Crippen LogP contribution in [0.25, 0.3) is 11.0 Å². The largest absolute Gasteiger partial charge is 0.323 e. The SMILES string of the molecule is CC1CCCC(n2c(CCl)nc3c(F)cccc32)C1C. The van der Waals surface area contributed by atoms with Crippen LogP contribution < -0.4 is 0 Å². The van der Waals surface area contributed by atoms with Crippen LogP contribution in [0.1, 0.15) is 45.0 Å². The molecular weight excluding hydrogens is 275 g/mol. The van der Waals surface area contributed by atoms with Gasteiger partial charge in [0, 0.05) is 6.04 Å². The van der Waals surface area contributed by atoms with Gasteiger partial charge in [0.1, 0.15) is 11.3 Å². The number of nitrogens with zero attached hydrogens (tertiary/aromatic N) is 2. The fourth-order valence-corrected chi connectivity index (χ4v) is 3.70. The molecule has 1 aliphatic carbocycles. The second kappa shape index (κ2) is 5.36. The van der Waals surface area contributed by atoms with Gasteiger partial charge in [0.15, 0.2) is 5.82 Å². The van der Waals surface area contributed by atoms with Gasteiger partial charge < -0.3 is 4.57 Å². The summed E-state index contributed by atoms with van der Waals surface area (Å²) in [6, 6.07) is 5.54. The van der Waals surface area contributed by atoms with E-state index in [-0.39, 0.29) is 5.82 Å². The predicted octanol–water partition coefficient (Wildman–Crippen LogP) is 4.91. The molecule has 1 aromatic heterocycles. The Hall–Kier alpha value is -1.09. The lowest BCUT2D eigenvalue weighted by atomic mass is 9.78. The number of rotatable bonds is 2. The molecule has 1 heterocycles. The number of fused-ring (bicyclic) bond motifs is 1. The summed E-state index contributed by atoms with van der Waals surface area (Å²) >= 11 is 6.05. The summed E-state index contributed by atoms with van der Waals surface area (Å²) in [4.78, 5) is 4.42. The minimum absolute atomic E-state index is 0.260. The van der Waals surface area contributed by atoms with Gasteiger partial charge in [0.05, 0.1) is 11.4 Å². The molecule has 0 spiro atoms. The molecule has 0 amide bonds. The zero-order chi connectivity index (χ0) is 14.3. The summed E-state index contributed by atoms with van der Waals surface area (Å²) < 4.78 is 16.1. The van der Waals surface area contributed by atoms with Gasteiger partial charge in [-0.2, -0.15) is 0 Å². The number of benzene rings is 1. The van der Waals surface area contributed by atoms with Crippen molar-refractivity contribution in [3.05, 3.63) is 29.8 Å². The Kier molecular flexibility index (Phi) is 3.72. The Labute approximate surface area is 123 Å². The van der Waals surface area contributed by atoms with Crippen LogP contribution in [-0.2, 0) is 5.88 Å². The van der Waals surface area contributed by atoms with Crippen molar-refractivity contribution in [2.45, 2.75) is 45.0 Å². The first-order chi connectivity index (χ1) is 9.63. The standard InChI is InChI=1S/C16H20ClFN2/c1-10-5-3-7-13(11(10)2)20-14-8-4-6-12(18)16(14)19-15(20)9-17/h4,6,8,10-11,13H,3,5,7,9H2,1-2H3. The normalized spacial score (nSPS) is 27.1. The highest BCUT2D eigenvalue weighted by atomic mass is 35.5. The highest BCUT2D eigenvalue weighted by Crippen LogP contribution is 2.40. The second-order valence-electron chi connectivity index (χ2n) is 5.97. The van der Waals surface area contributed by atoms with Crippen molar-refractivity contribution in [1.29, 1.82) is 0 Å². The summed E-state index contributed by atoms with van der Waals surface area (Å²) in [6.45, 7) is 4.59. The fourth-order valence-electron chi connectivity index (χ4n) is 3.51. The Morgan fingerprint density at radius 3 is 2.90 bits per heavy atom. The molecule has 3 rings (SSSR count). The third kappa shape index (κ3) is 2.12. The van der Waals surface area contributed by atoms with Crippen molar-refractivity contribution in [3.63, 3.8) is 0 Å². The van der Waals surface area contributed by atoms with Crippen LogP contribution in [0.15, 0.2) is 18.2 Å². The first-order valence-corrected chi connectivity index (χ1v) is 7.88. The van der Waals surface area contributed by atoms with Crippen LogP contribution in [0, 0.1) is 17.7 Å². The molecule has 1 aromatic carbocycles. The molecule has 4 heteroatoms. The average molecular weight is 295 g/mol. The zero-order valence-electron chi connectivity index (χ0n) is 11.9. The summed E-state index contributed by atoms with van der Waals surface area (Å²) in [6.07, 6.45) is 3.61. The van der Waals surface area contributed by atoms with E-state index in [2.05, 4.69) is 23.4 Å². The maximum atomic E-state index is 13.9. The summed E-state index contributed by atoms with van der Waals surface area (Å²) in [5.41, 5.74) is 1.33. The summed E-state index contributed by atoms with van der Waals surface area (Å²) in [7, 11) is 0. The molecule has 1 saturated carbocycles. The van der Waals surface area contributed by atoms with Gasteiger partial charge in [-0.1, -0.05) is 32.8 Å². The zero-order valence-corrected chi connectivity index (χ0v) is 12.7. The molecule has 0 radical (unpaired) electrons. The molecule has 2 aromatic rings. The highest BCUT2D eigenvalue weighted by molar-refractivity contribution is 6.16. The quantitative estimate of drug-likeness (QED) is 0.720. The van der Waals surface area contributed by atoms with E-state index in [9.17, 15) is 4.39 Å². The molecule has 0 N–H and O–H groups in total. The lowest BCUT2D eigenvalue weighted by Crippen LogP contribution is -2.27. The molecule has 0 bridgehead atoms. The van der Waals surface area contributed by atoms with Gasteiger partial charge in [-0.15, -0.1) is 11.6 Å². The topological polar surface area (TPSA) is 17.8 Å². The van der Waals surface area contributed by atoms with Gasteiger partial charge in [0.2, 0.25) is 0 Å². The van der Waals surface area contributed by atoms with Crippen molar-refractivity contribution in [2.24, 2.45) is 11.8 Å². The van der Waals surface area contributed by atoms with E-state index < -0.39 is 0 Å². The second-order valence-corrected chi connectivity index (χ2v) is 6.24. The van der Waals surface area contributed by atoms with E-state index >= 15 is 0 Å². The molecule has 0 saturated heterocycles. The maximum Gasteiger partial charge on any atom is 0.151 e. The van der Waals surface area contributed by atoms with Crippen molar-refractivity contribution >= 4 is 22.6 Å². The van der Waals surface area contributed by atoms with E-state index in [1.54, 1.807) is 6.07 Å². The molecular formula is C16H20ClFN2. The van der Waals surface area contributed by atoms with Gasteiger partial charge >= 0.3 is 0 Å². The Morgan fingerprint density at radius 2 is 2.15 bits per heavy atom. The van der Waals surface area contributed by atoms with E-state index in [1.807, 2.05) is 6.07 Å². The number of hydrogen-bond acceptors (Lipinski definition) is 1. The number of aromatic nitrogens is 2. The van der Waals surface area contributed by atoms with E-state index in [0.29, 0.717) is 29.3 Å².